The maximum absolute atomic E-state index is 4.51. The number of aryl methyl sites for hydroxylation is 1. The Morgan fingerprint density at radius 3 is 3.19 bits per heavy atom. The van der Waals surface area contributed by atoms with Crippen LogP contribution >= 0.6 is 0 Å². The predicted molar refractivity (Wildman–Crippen MR) is 66.4 cm³/mol. The third kappa shape index (κ3) is 2.80. The van der Waals surface area contributed by atoms with Gasteiger partial charge in [-0.15, -0.1) is 0 Å². The number of pyridine rings is 1. The van der Waals surface area contributed by atoms with Crippen molar-refractivity contribution in [1.82, 2.24) is 15.2 Å². The zero-order chi connectivity index (χ0) is 11.4. The summed E-state index contributed by atoms with van der Waals surface area (Å²) >= 11 is 0. The van der Waals surface area contributed by atoms with Gasteiger partial charge in [0, 0.05) is 38.4 Å². The Kier molecular flexibility index (Phi) is 3.91. The molecule has 0 radical (unpaired) electrons. The number of hydrogen-bond acceptors (Lipinski definition) is 3. The molecular formula is C13H21N3. The van der Waals surface area contributed by atoms with Crippen molar-refractivity contribution in [2.24, 2.45) is 0 Å². The number of hydrogen-bond donors (Lipinski definition) is 1. The Labute approximate surface area is 97.9 Å². The molecule has 88 valence electrons. The number of aromatic nitrogens is 1. The molecule has 2 rings (SSSR count). The van der Waals surface area contributed by atoms with Gasteiger partial charge in [-0.3, -0.25) is 9.88 Å². The molecule has 0 saturated carbocycles. The number of nitrogens with one attached hydrogen (secondary N) is 1. The molecule has 0 amide bonds. The summed E-state index contributed by atoms with van der Waals surface area (Å²) in [6.07, 6.45) is 2.98. The second kappa shape index (κ2) is 5.41. The topological polar surface area (TPSA) is 28.2 Å². The highest BCUT2D eigenvalue weighted by atomic mass is 15.2. The number of rotatable bonds is 3. The average Bonchev–Trinajstić information content (AvgIpc) is 2.30. The molecule has 16 heavy (non-hydrogen) atoms. The van der Waals surface area contributed by atoms with Gasteiger partial charge in [-0.25, -0.2) is 0 Å². The van der Waals surface area contributed by atoms with E-state index in [-0.39, 0.29) is 0 Å². The molecule has 2 heterocycles. The van der Waals surface area contributed by atoms with Crippen molar-refractivity contribution < 1.29 is 0 Å². The minimum absolute atomic E-state index is 0.600. The first kappa shape index (κ1) is 11.6. The highest BCUT2D eigenvalue weighted by Crippen LogP contribution is 2.10. The summed E-state index contributed by atoms with van der Waals surface area (Å²) in [4.78, 5) is 7.00. The molecular weight excluding hydrogens is 198 g/mol. The zero-order valence-corrected chi connectivity index (χ0v) is 10.2. The number of nitrogens with zero attached hydrogens (tertiary/aromatic N) is 2. The van der Waals surface area contributed by atoms with Crippen LogP contribution in [0.5, 0.6) is 0 Å². The smallest absolute Gasteiger partial charge is 0.0575 e. The van der Waals surface area contributed by atoms with Gasteiger partial charge >= 0.3 is 0 Å². The van der Waals surface area contributed by atoms with E-state index >= 15 is 0 Å². The average molecular weight is 219 g/mol. The molecule has 3 nitrogen and oxygen atoms in total. The largest absolute Gasteiger partial charge is 0.312 e. The fourth-order valence-corrected chi connectivity index (χ4v) is 2.30. The first-order valence-corrected chi connectivity index (χ1v) is 6.18. The Morgan fingerprint density at radius 2 is 2.44 bits per heavy atom. The van der Waals surface area contributed by atoms with Crippen molar-refractivity contribution in [1.29, 1.82) is 0 Å². The van der Waals surface area contributed by atoms with Crippen LogP contribution in [0.4, 0.5) is 0 Å². The van der Waals surface area contributed by atoms with E-state index in [1.54, 1.807) is 0 Å². The summed E-state index contributed by atoms with van der Waals surface area (Å²) in [5.74, 6) is 0. The van der Waals surface area contributed by atoms with E-state index in [1.165, 1.54) is 11.3 Å². The fraction of sp³-hybridized carbons (Fsp3) is 0.615. The van der Waals surface area contributed by atoms with Crippen molar-refractivity contribution in [3.05, 3.63) is 29.6 Å². The van der Waals surface area contributed by atoms with Crippen molar-refractivity contribution in [2.45, 2.75) is 32.9 Å². The van der Waals surface area contributed by atoms with Gasteiger partial charge in [0.2, 0.25) is 0 Å². The quantitative estimate of drug-likeness (QED) is 0.833. The summed E-state index contributed by atoms with van der Waals surface area (Å²) in [6.45, 7) is 8.78. The first-order valence-electron chi connectivity index (χ1n) is 6.18. The predicted octanol–water partition coefficient (Wildman–Crippen LogP) is 1.44. The maximum atomic E-state index is 4.51. The van der Waals surface area contributed by atoms with Crippen molar-refractivity contribution >= 4 is 0 Å². The van der Waals surface area contributed by atoms with E-state index in [2.05, 4.69) is 35.1 Å². The highest BCUT2D eigenvalue weighted by molar-refractivity contribution is 5.19. The summed E-state index contributed by atoms with van der Waals surface area (Å²) in [5, 5.41) is 3.46. The molecule has 0 aliphatic carbocycles. The van der Waals surface area contributed by atoms with E-state index in [0.717, 1.165) is 32.6 Å². The minimum Gasteiger partial charge on any atom is -0.312 e. The third-order valence-corrected chi connectivity index (χ3v) is 3.19. The van der Waals surface area contributed by atoms with Crippen LogP contribution in [0.3, 0.4) is 0 Å². The summed E-state index contributed by atoms with van der Waals surface area (Å²) in [5.41, 5.74) is 2.63. The van der Waals surface area contributed by atoms with Crippen LogP contribution in [-0.4, -0.2) is 35.6 Å². The van der Waals surface area contributed by atoms with Crippen LogP contribution in [0.2, 0.25) is 0 Å². The van der Waals surface area contributed by atoms with Gasteiger partial charge in [0.25, 0.3) is 0 Å². The second-order valence-corrected chi connectivity index (χ2v) is 4.55. The maximum Gasteiger partial charge on any atom is 0.0575 e. The van der Waals surface area contributed by atoms with Crippen molar-refractivity contribution in [3.8, 4) is 0 Å². The molecule has 0 bridgehead atoms. The first-order chi connectivity index (χ1) is 7.79. The third-order valence-electron chi connectivity index (χ3n) is 3.19. The lowest BCUT2D eigenvalue weighted by atomic mass is 10.1. The summed E-state index contributed by atoms with van der Waals surface area (Å²) in [6, 6.07) is 4.82. The normalized spacial score (nSPS) is 22.2. The van der Waals surface area contributed by atoms with Gasteiger partial charge in [-0.05, 0) is 25.0 Å². The molecule has 1 unspecified atom stereocenters. The minimum atomic E-state index is 0.600. The molecule has 1 N–H and O–H groups in total. The van der Waals surface area contributed by atoms with Crippen LogP contribution in [0.1, 0.15) is 25.1 Å². The fourth-order valence-electron chi connectivity index (χ4n) is 2.30. The van der Waals surface area contributed by atoms with Gasteiger partial charge in [-0.2, -0.15) is 0 Å². The molecule has 1 aromatic heterocycles. The van der Waals surface area contributed by atoms with Crippen LogP contribution in [0, 0.1) is 0 Å². The molecule has 1 aliphatic rings. The Bertz CT molecular complexity index is 338. The lowest BCUT2D eigenvalue weighted by Gasteiger charge is -2.31. The van der Waals surface area contributed by atoms with Crippen molar-refractivity contribution in [3.63, 3.8) is 0 Å². The van der Waals surface area contributed by atoms with Gasteiger partial charge < -0.3 is 5.32 Å². The molecule has 1 fully saturated rings. The van der Waals surface area contributed by atoms with Crippen LogP contribution < -0.4 is 5.32 Å². The SMILES string of the molecule is CCc1cccnc1CN1CCNC(C)C1. The van der Waals surface area contributed by atoms with Crippen LogP contribution in [-0.2, 0) is 13.0 Å². The van der Waals surface area contributed by atoms with E-state index in [4.69, 9.17) is 0 Å². The van der Waals surface area contributed by atoms with Gasteiger partial charge in [0.15, 0.2) is 0 Å². The van der Waals surface area contributed by atoms with E-state index < -0.39 is 0 Å². The molecule has 0 aromatic carbocycles. The molecule has 1 aromatic rings. The Balaban J connectivity index is 2.02. The highest BCUT2D eigenvalue weighted by Gasteiger charge is 2.16. The molecule has 3 heteroatoms. The Morgan fingerprint density at radius 1 is 1.56 bits per heavy atom. The summed E-state index contributed by atoms with van der Waals surface area (Å²) < 4.78 is 0. The van der Waals surface area contributed by atoms with Gasteiger partial charge in [0.05, 0.1) is 5.69 Å². The molecule has 1 atom stereocenters. The van der Waals surface area contributed by atoms with E-state index in [9.17, 15) is 0 Å². The molecule has 1 aliphatic heterocycles. The number of piperazine rings is 1. The van der Waals surface area contributed by atoms with E-state index in [1.807, 2.05) is 12.3 Å². The second-order valence-electron chi connectivity index (χ2n) is 4.55. The standard InChI is InChI=1S/C13H21N3/c1-3-12-5-4-6-15-13(12)10-16-8-7-14-11(2)9-16/h4-6,11,14H,3,7-10H2,1-2H3. The monoisotopic (exact) mass is 219 g/mol. The lowest BCUT2D eigenvalue weighted by molar-refractivity contribution is 0.197. The molecule has 0 spiro atoms. The molecule has 1 saturated heterocycles. The van der Waals surface area contributed by atoms with Gasteiger partial charge in [0.1, 0.15) is 0 Å². The zero-order valence-electron chi connectivity index (χ0n) is 10.2. The van der Waals surface area contributed by atoms with Crippen LogP contribution in [0.15, 0.2) is 18.3 Å². The summed E-state index contributed by atoms with van der Waals surface area (Å²) in [7, 11) is 0. The van der Waals surface area contributed by atoms with E-state index in [0.29, 0.717) is 6.04 Å². The lowest BCUT2D eigenvalue weighted by Crippen LogP contribution is -2.48. The Hall–Kier alpha value is -0.930. The van der Waals surface area contributed by atoms with Gasteiger partial charge in [-0.1, -0.05) is 13.0 Å². The van der Waals surface area contributed by atoms with Crippen molar-refractivity contribution in [2.75, 3.05) is 19.6 Å². The van der Waals surface area contributed by atoms with Crippen LogP contribution in [0.25, 0.3) is 0 Å².